The zero-order valence-electron chi connectivity index (χ0n) is 21.2. The molecule has 0 aliphatic carbocycles. The molecule has 39 heavy (non-hydrogen) atoms. The summed E-state index contributed by atoms with van der Waals surface area (Å²) in [5.74, 6) is 0.00000724. The Kier molecular flexibility index (Phi) is 10.4. The van der Waals surface area contributed by atoms with Gasteiger partial charge in [-0.2, -0.15) is 25.3 Å². The fraction of sp³-hybridized carbons (Fsp3) is 0.333. The lowest BCUT2D eigenvalue weighted by Crippen LogP contribution is -2.04. The Morgan fingerprint density at radius 1 is 0.513 bits per heavy atom. The van der Waals surface area contributed by atoms with Crippen LogP contribution in [0.3, 0.4) is 0 Å². The second-order valence-corrected chi connectivity index (χ2v) is 13.7. The Bertz CT molecular complexity index is 1510. The first-order valence-electron chi connectivity index (χ1n) is 12.4. The van der Waals surface area contributed by atoms with Crippen LogP contribution in [0.25, 0.3) is 0 Å². The van der Waals surface area contributed by atoms with Gasteiger partial charge < -0.3 is 0 Å². The summed E-state index contributed by atoms with van der Waals surface area (Å²) in [5.41, 5.74) is 2.34. The first-order chi connectivity index (χ1) is 18.2. The molecule has 0 bridgehead atoms. The summed E-state index contributed by atoms with van der Waals surface area (Å²) >= 11 is 0. The van der Waals surface area contributed by atoms with Crippen LogP contribution in [0.2, 0.25) is 0 Å². The second kappa shape index (κ2) is 13.2. The van der Waals surface area contributed by atoms with E-state index >= 15 is 0 Å². The fourth-order valence-electron chi connectivity index (χ4n) is 4.57. The van der Waals surface area contributed by atoms with Crippen molar-refractivity contribution in [2.24, 2.45) is 0 Å². The molecule has 3 N–H and O–H groups in total. The number of aryl methyl sites for hydroxylation is 2. The molecule has 0 radical (unpaired) electrons. The Hall–Kier alpha value is -2.61. The van der Waals surface area contributed by atoms with E-state index in [1.54, 1.807) is 30.3 Å². The van der Waals surface area contributed by atoms with Gasteiger partial charge in [-0.15, -0.1) is 0 Å². The Morgan fingerprint density at radius 2 is 0.897 bits per heavy atom. The molecule has 0 aliphatic heterocycles. The lowest BCUT2D eigenvalue weighted by Gasteiger charge is -2.18. The van der Waals surface area contributed by atoms with Gasteiger partial charge in [-0.25, -0.2) is 0 Å². The quantitative estimate of drug-likeness (QED) is 0.165. The molecule has 3 rings (SSSR count). The highest BCUT2D eigenvalue weighted by molar-refractivity contribution is 7.86. The Morgan fingerprint density at radius 3 is 1.31 bits per heavy atom. The summed E-state index contributed by atoms with van der Waals surface area (Å²) < 4.78 is 96.9. The van der Waals surface area contributed by atoms with Crippen molar-refractivity contribution in [2.45, 2.75) is 72.0 Å². The maximum absolute atomic E-state index is 11.7. The van der Waals surface area contributed by atoms with Crippen molar-refractivity contribution in [3.8, 4) is 0 Å². The van der Waals surface area contributed by atoms with E-state index in [-0.39, 0.29) is 20.6 Å². The van der Waals surface area contributed by atoms with Crippen LogP contribution in [0.4, 0.5) is 0 Å². The molecule has 3 aromatic carbocycles. The molecule has 0 fully saturated rings. The van der Waals surface area contributed by atoms with Crippen LogP contribution in [0, 0.1) is 0 Å². The van der Waals surface area contributed by atoms with Crippen molar-refractivity contribution in [3.63, 3.8) is 0 Å². The molecule has 0 aliphatic rings. The van der Waals surface area contributed by atoms with Gasteiger partial charge in [-0.3, -0.25) is 13.7 Å². The fourth-order valence-corrected chi connectivity index (χ4v) is 6.21. The van der Waals surface area contributed by atoms with Gasteiger partial charge in [0.15, 0.2) is 0 Å². The van der Waals surface area contributed by atoms with E-state index in [2.05, 4.69) is 0 Å². The third-order valence-electron chi connectivity index (χ3n) is 6.56. The topological polar surface area (TPSA) is 163 Å². The summed E-state index contributed by atoms with van der Waals surface area (Å²) in [7, 11) is -12.9. The average Bonchev–Trinajstić information content (AvgIpc) is 2.86. The molecule has 0 unspecified atom stereocenters. The van der Waals surface area contributed by atoms with Crippen molar-refractivity contribution in [1.29, 1.82) is 0 Å². The highest BCUT2D eigenvalue weighted by Gasteiger charge is 2.17. The monoisotopic (exact) mass is 596 g/mol. The van der Waals surface area contributed by atoms with E-state index in [0.29, 0.717) is 12.8 Å². The van der Waals surface area contributed by atoms with Crippen LogP contribution < -0.4 is 0 Å². The van der Waals surface area contributed by atoms with Crippen LogP contribution in [0.5, 0.6) is 0 Å². The van der Waals surface area contributed by atoms with Crippen LogP contribution in [0.1, 0.15) is 61.1 Å². The molecule has 0 heterocycles. The van der Waals surface area contributed by atoms with Crippen molar-refractivity contribution in [2.75, 3.05) is 0 Å². The van der Waals surface area contributed by atoms with Gasteiger partial charge in [0, 0.05) is 0 Å². The zero-order chi connectivity index (χ0) is 28.7. The van der Waals surface area contributed by atoms with E-state index in [4.69, 9.17) is 0 Å². The smallest absolute Gasteiger partial charge is 0.282 e. The van der Waals surface area contributed by atoms with Crippen molar-refractivity contribution < 1.29 is 38.9 Å². The summed E-state index contributed by atoms with van der Waals surface area (Å²) in [6.07, 6.45) is 5.69. The number of benzene rings is 3. The highest BCUT2D eigenvalue weighted by atomic mass is 32.2. The van der Waals surface area contributed by atoms with Gasteiger partial charge in [0.1, 0.15) is 0 Å². The first-order valence-corrected chi connectivity index (χ1v) is 16.8. The van der Waals surface area contributed by atoms with Gasteiger partial charge in [0.2, 0.25) is 0 Å². The predicted octanol–water partition coefficient (Wildman–Crippen LogP) is 5.34. The summed E-state index contributed by atoms with van der Waals surface area (Å²) in [4.78, 5) is -0.474. The van der Waals surface area contributed by atoms with Gasteiger partial charge >= 0.3 is 0 Å². The van der Waals surface area contributed by atoms with Gasteiger partial charge in [-0.1, -0.05) is 49.2 Å². The minimum atomic E-state index is -4.35. The Balaban J connectivity index is 1.64. The maximum atomic E-state index is 11.7. The molecule has 0 atom stereocenters. The number of hydrogen-bond donors (Lipinski definition) is 3. The summed E-state index contributed by atoms with van der Waals surface area (Å²) in [6, 6.07) is 18.5. The first kappa shape index (κ1) is 30.9. The van der Waals surface area contributed by atoms with Crippen LogP contribution in [-0.4, -0.2) is 38.9 Å². The standard InChI is InChI=1S/C27H32O9S3/c28-37(29,30)25-15-5-10-21(18-25)8-1-3-12-23(24-14-7-17-27(20-24)39(34,35)36)13-4-2-9-22-11-6-16-26(19-22)38(31,32)33/h5-7,10-11,14-20,23H,1-4,8-9,12-13H2,(H,28,29,30)(H,31,32,33)(H,34,35,36). The molecular formula is C27H32O9S3. The number of unbranched alkanes of at least 4 members (excludes halogenated alkanes) is 2. The number of rotatable bonds is 14. The van der Waals surface area contributed by atoms with E-state index in [9.17, 15) is 38.9 Å². The molecular weight excluding hydrogens is 564 g/mol. The number of hydrogen-bond acceptors (Lipinski definition) is 6. The van der Waals surface area contributed by atoms with E-state index in [1.807, 2.05) is 6.07 Å². The lowest BCUT2D eigenvalue weighted by atomic mass is 9.88. The molecule has 0 saturated carbocycles. The summed E-state index contributed by atoms with van der Waals surface area (Å²) in [6.45, 7) is 0. The van der Waals surface area contributed by atoms with E-state index in [1.165, 1.54) is 36.4 Å². The molecule has 0 saturated heterocycles. The second-order valence-electron chi connectivity index (χ2n) is 9.48. The SMILES string of the molecule is O=S(=O)(O)c1cccc(CCCCC(CCCCc2cccc(S(=O)(=O)O)c2)c2cccc(S(=O)(=O)O)c2)c1. The van der Waals surface area contributed by atoms with Gasteiger partial charge in [0.05, 0.1) is 14.7 Å². The highest BCUT2D eigenvalue weighted by Crippen LogP contribution is 2.30. The van der Waals surface area contributed by atoms with Crippen LogP contribution in [-0.2, 0) is 43.2 Å². The molecule has 0 aromatic heterocycles. The molecule has 9 nitrogen and oxygen atoms in total. The minimum absolute atomic E-state index is 0.00000724. The normalized spacial score (nSPS) is 12.6. The lowest BCUT2D eigenvalue weighted by molar-refractivity contribution is 0.480. The van der Waals surface area contributed by atoms with Gasteiger partial charge in [0.25, 0.3) is 30.4 Å². The largest absolute Gasteiger partial charge is 0.294 e. The molecule has 12 heteroatoms. The molecule has 3 aromatic rings. The van der Waals surface area contributed by atoms with E-state index < -0.39 is 30.4 Å². The average molecular weight is 597 g/mol. The molecule has 212 valence electrons. The van der Waals surface area contributed by atoms with E-state index in [0.717, 1.165) is 55.2 Å². The third-order valence-corrected chi connectivity index (χ3v) is 9.11. The van der Waals surface area contributed by atoms with Crippen molar-refractivity contribution in [1.82, 2.24) is 0 Å². The zero-order valence-corrected chi connectivity index (χ0v) is 23.6. The minimum Gasteiger partial charge on any atom is -0.282 e. The molecule has 0 spiro atoms. The summed E-state index contributed by atoms with van der Waals surface area (Å²) in [5, 5.41) is 0. The van der Waals surface area contributed by atoms with Crippen LogP contribution in [0.15, 0.2) is 87.5 Å². The van der Waals surface area contributed by atoms with Crippen LogP contribution >= 0.6 is 0 Å². The predicted molar refractivity (Wildman–Crippen MR) is 147 cm³/mol. The Labute approximate surface area is 230 Å². The molecule has 0 amide bonds. The van der Waals surface area contributed by atoms with Crippen molar-refractivity contribution >= 4 is 30.4 Å². The van der Waals surface area contributed by atoms with Gasteiger partial charge in [-0.05, 0) is 97.5 Å². The maximum Gasteiger partial charge on any atom is 0.294 e. The van der Waals surface area contributed by atoms with Crippen molar-refractivity contribution in [3.05, 3.63) is 89.5 Å². The third kappa shape index (κ3) is 9.82.